The third-order valence-corrected chi connectivity index (χ3v) is 7.38. The molecule has 0 atom stereocenters. The Morgan fingerprint density at radius 1 is 1.03 bits per heavy atom. The van der Waals surface area contributed by atoms with Crippen LogP contribution in [-0.4, -0.2) is 58.7 Å². The number of thioether (sulfide) groups is 1. The van der Waals surface area contributed by atoms with E-state index in [1.54, 1.807) is 0 Å². The van der Waals surface area contributed by atoms with E-state index in [2.05, 4.69) is 16.8 Å². The van der Waals surface area contributed by atoms with Crippen molar-refractivity contribution in [2.45, 2.75) is 32.6 Å². The van der Waals surface area contributed by atoms with Crippen LogP contribution < -0.4 is 4.74 Å². The second-order valence-electron chi connectivity index (χ2n) is 9.06. The zero-order valence-electron chi connectivity index (χ0n) is 21.1. The van der Waals surface area contributed by atoms with Crippen LogP contribution in [0.3, 0.4) is 0 Å². The molecule has 0 radical (unpaired) electrons. The Hall–Kier alpha value is -3.36. The third-order valence-electron chi connectivity index (χ3n) is 6.34. The van der Waals surface area contributed by atoms with Crippen LogP contribution in [0, 0.1) is 0 Å². The number of hydrogen-bond acceptors (Lipinski definition) is 6. The van der Waals surface area contributed by atoms with Gasteiger partial charge in [-0.05, 0) is 60.7 Å². The summed E-state index contributed by atoms with van der Waals surface area (Å²) < 4.78 is 13.2. The van der Waals surface area contributed by atoms with Gasteiger partial charge in [0.2, 0.25) is 0 Å². The summed E-state index contributed by atoms with van der Waals surface area (Å²) in [5.41, 5.74) is 3.59. The Kier molecular flexibility index (Phi) is 8.38. The first-order valence-corrected chi connectivity index (χ1v) is 13.8. The normalized spacial score (nSPS) is 16.9. The maximum atomic E-state index is 12.8. The SMILES string of the molecule is CCCCCCOc1ccc(-c2nn(-c3ccccc3)cc2/C=C2\SC(N3CCOCC3)=NC2=O)cc1. The second-order valence-corrected chi connectivity index (χ2v) is 10.1. The first-order valence-electron chi connectivity index (χ1n) is 12.9. The van der Waals surface area contributed by atoms with Gasteiger partial charge in [-0.1, -0.05) is 44.4 Å². The Bertz CT molecular complexity index is 1260. The van der Waals surface area contributed by atoms with Gasteiger partial charge in [-0.3, -0.25) is 4.79 Å². The van der Waals surface area contributed by atoms with Gasteiger partial charge in [0.25, 0.3) is 5.91 Å². The van der Waals surface area contributed by atoms with Crippen molar-refractivity contribution >= 4 is 28.9 Å². The molecule has 0 aliphatic carbocycles. The predicted octanol–water partition coefficient (Wildman–Crippen LogP) is 5.80. The summed E-state index contributed by atoms with van der Waals surface area (Å²) in [5, 5.41) is 5.65. The van der Waals surface area contributed by atoms with E-state index >= 15 is 0 Å². The zero-order valence-corrected chi connectivity index (χ0v) is 22.0. The highest BCUT2D eigenvalue weighted by Gasteiger charge is 2.28. The molecule has 7 nitrogen and oxygen atoms in total. The highest BCUT2D eigenvalue weighted by Crippen LogP contribution is 2.34. The average Bonchev–Trinajstić information content (AvgIpc) is 3.54. The molecule has 0 spiro atoms. The third kappa shape index (κ3) is 6.32. The Morgan fingerprint density at radius 2 is 1.81 bits per heavy atom. The van der Waals surface area contributed by atoms with Crippen LogP contribution in [-0.2, 0) is 9.53 Å². The summed E-state index contributed by atoms with van der Waals surface area (Å²) in [6.45, 7) is 5.73. The molecule has 1 aromatic heterocycles. The maximum absolute atomic E-state index is 12.8. The minimum atomic E-state index is -0.211. The number of unbranched alkanes of at least 4 members (excludes halogenated alkanes) is 3. The summed E-state index contributed by atoms with van der Waals surface area (Å²) in [7, 11) is 0. The van der Waals surface area contributed by atoms with E-state index in [-0.39, 0.29) is 5.91 Å². The fourth-order valence-corrected chi connectivity index (χ4v) is 5.24. The van der Waals surface area contributed by atoms with Gasteiger partial charge in [0.15, 0.2) is 5.17 Å². The lowest BCUT2D eigenvalue weighted by Crippen LogP contribution is -2.38. The molecule has 2 aromatic carbocycles. The largest absolute Gasteiger partial charge is 0.494 e. The van der Waals surface area contributed by atoms with Crippen LogP contribution in [0.1, 0.15) is 38.2 Å². The van der Waals surface area contributed by atoms with E-state index in [4.69, 9.17) is 14.6 Å². The summed E-state index contributed by atoms with van der Waals surface area (Å²) in [6, 6.07) is 18.0. The molecular formula is C29H32N4O3S. The molecule has 1 saturated heterocycles. The van der Waals surface area contributed by atoms with E-state index in [9.17, 15) is 4.79 Å². The first-order chi connectivity index (χ1) is 18.2. The average molecular weight is 517 g/mol. The minimum absolute atomic E-state index is 0.211. The van der Waals surface area contributed by atoms with Gasteiger partial charge >= 0.3 is 0 Å². The lowest BCUT2D eigenvalue weighted by molar-refractivity contribution is -0.113. The van der Waals surface area contributed by atoms with E-state index in [1.165, 1.54) is 31.0 Å². The topological polar surface area (TPSA) is 68.9 Å². The van der Waals surface area contributed by atoms with Crippen LogP contribution in [0.5, 0.6) is 5.75 Å². The summed E-state index contributed by atoms with van der Waals surface area (Å²) in [6.07, 6.45) is 8.59. The van der Waals surface area contributed by atoms with Crippen molar-refractivity contribution < 1.29 is 14.3 Å². The van der Waals surface area contributed by atoms with Gasteiger partial charge in [-0.15, -0.1) is 0 Å². The van der Waals surface area contributed by atoms with Crippen molar-refractivity contribution in [3.8, 4) is 22.7 Å². The number of amides is 1. The van der Waals surface area contributed by atoms with Gasteiger partial charge in [-0.25, -0.2) is 4.68 Å². The molecule has 1 fully saturated rings. The molecule has 0 bridgehead atoms. The molecule has 3 aromatic rings. The van der Waals surface area contributed by atoms with Crippen LogP contribution in [0.4, 0.5) is 0 Å². The number of aromatic nitrogens is 2. The molecule has 37 heavy (non-hydrogen) atoms. The molecule has 0 N–H and O–H groups in total. The number of morpholine rings is 1. The Labute approximate surface area is 222 Å². The number of carbonyl (C=O) groups is 1. The van der Waals surface area contributed by atoms with Gasteiger partial charge in [0, 0.05) is 30.4 Å². The summed E-state index contributed by atoms with van der Waals surface area (Å²) >= 11 is 1.42. The van der Waals surface area contributed by atoms with E-state index in [1.807, 2.05) is 71.6 Å². The zero-order chi connectivity index (χ0) is 25.5. The quantitative estimate of drug-likeness (QED) is 0.264. The number of nitrogens with zero attached hydrogens (tertiary/aromatic N) is 4. The monoisotopic (exact) mass is 516 g/mol. The van der Waals surface area contributed by atoms with Crippen molar-refractivity contribution in [1.29, 1.82) is 0 Å². The van der Waals surface area contributed by atoms with E-state index in [0.717, 1.165) is 59.5 Å². The fourth-order valence-electron chi connectivity index (χ4n) is 4.29. The van der Waals surface area contributed by atoms with Crippen LogP contribution in [0.15, 0.2) is 70.7 Å². The molecule has 0 saturated carbocycles. The van der Waals surface area contributed by atoms with Gasteiger partial charge in [-0.2, -0.15) is 10.1 Å². The van der Waals surface area contributed by atoms with Crippen molar-refractivity contribution in [3.63, 3.8) is 0 Å². The van der Waals surface area contributed by atoms with E-state index in [0.29, 0.717) is 18.1 Å². The lowest BCUT2D eigenvalue weighted by Gasteiger charge is -2.27. The minimum Gasteiger partial charge on any atom is -0.494 e. The molecule has 192 valence electrons. The summed E-state index contributed by atoms with van der Waals surface area (Å²) in [4.78, 5) is 19.8. The van der Waals surface area contributed by atoms with Crippen LogP contribution in [0.2, 0.25) is 0 Å². The number of aliphatic imine (C=N–C) groups is 1. The molecule has 8 heteroatoms. The molecule has 1 amide bonds. The van der Waals surface area contributed by atoms with Crippen molar-refractivity contribution in [2.24, 2.45) is 4.99 Å². The fraction of sp³-hybridized carbons (Fsp3) is 0.345. The van der Waals surface area contributed by atoms with E-state index < -0.39 is 0 Å². The lowest BCUT2D eigenvalue weighted by atomic mass is 10.1. The molecule has 2 aliphatic rings. The van der Waals surface area contributed by atoms with Gasteiger partial charge < -0.3 is 14.4 Å². The number of para-hydroxylation sites is 1. The molecular weight excluding hydrogens is 484 g/mol. The Morgan fingerprint density at radius 3 is 2.57 bits per heavy atom. The number of carbonyl (C=O) groups excluding carboxylic acids is 1. The smallest absolute Gasteiger partial charge is 0.286 e. The molecule has 2 aliphatic heterocycles. The first kappa shape index (κ1) is 25.3. The van der Waals surface area contributed by atoms with Gasteiger partial charge in [0.05, 0.1) is 36.1 Å². The molecule has 0 unspecified atom stereocenters. The predicted molar refractivity (Wildman–Crippen MR) is 149 cm³/mol. The number of ether oxygens (including phenoxy) is 2. The highest BCUT2D eigenvalue weighted by atomic mass is 32.2. The standard InChI is InChI=1S/C29H32N4O3S/c1-2-3-4-8-17-36-25-13-11-22(12-14-25)27-23(21-33(31-27)24-9-6-5-7-10-24)20-26-28(34)30-29(37-26)32-15-18-35-19-16-32/h5-7,9-14,20-21H,2-4,8,15-19H2,1H3/b26-20-. The second kappa shape index (κ2) is 12.3. The van der Waals surface area contributed by atoms with Crippen molar-refractivity contribution in [3.05, 3.63) is 71.3 Å². The Balaban J connectivity index is 1.39. The van der Waals surface area contributed by atoms with Crippen molar-refractivity contribution in [1.82, 2.24) is 14.7 Å². The number of amidine groups is 1. The number of benzene rings is 2. The van der Waals surface area contributed by atoms with Crippen molar-refractivity contribution in [2.75, 3.05) is 32.9 Å². The maximum Gasteiger partial charge on any atom is 0.286 e. The highest BCUT2D eigenvalue weighted by molar-refractivity contribution is 8.18. The summed E-state index contributed by atoms with van der Waals surface area (Å²) in [5.74, 6) is 0.643. The number of rotatable bonds is 9. The van der Waals surface area contributed by atoms with Crippen LogP contribution >= 0.6 is 11.8 Å². The molecule has 5 rings (SSSR count). The van der Waals surface area contributed by atoms with Crippen LogP contribution in [0.25, 0.3) is 23.0 Å². The van der Waals surface area contributed by atoms with Gasteiger partial charge in [0.1, 0.15) is 5.75 Å². The number of hydrogen-bond donors (Lipinski definition) is 0. The molecule has 3 heterocycles.